The summed E-state index contributed by atoms with van der Waals surface area (Å²) in [6.07, 6.45) is 1.45. The number of nitrogens with zero attached hydrogens (tertiary/aromatic N) is 1. The van der Waals surface area contributed by atoms with Crippen LogP contribution in [0.15, 0.2) is 60.8 Å². The van der Waals surface area contributed by atoms with Gasteiger partial charge in [-0.05, 0) is 54.4 Å². The molecule has 7 heteroatoms. The maximum Gasteiger partial charge on any atom is 0.270 e. The summed E-state index contributed by atoms with van der Waals surface area (Å²) in [6, 6.07) is 16.0. The third-order valence-electron chi connectivity index (χ3n) is 4.42. The van der Waals surface area contributed by atoms with Crippen LogP contribution in [0, 0.1) is 6.92 Å². The summed E-state index contributed by atoms with van der Waals surface area (Å²) in [5.74, 6) is 0.675. The van der Waals surface area contributed by atoms with Crippen molar-refractivity contribution in [2.75, 3.05) is 12.1 Å². The first-order chi connectivity index (χ1) is 14.1. The van der Waals surface area contributed by atoms with E-state index in [1.54, 1.807) is 12.1 Å². The Hall–Kier alpha value is -3.87. The largest absolute Gasteiger partial charge is 0.454 e. The molecule has 0 bridgehead atoms. The van der Waals surface area contributed by atoms with Gasteiger partial charge in [0.2, 0.25) is 6.79 Å². The Morgan fingerprint density at radius 2 is 1.86 bits per heavy atom. The number of rotatable bonds is 5. The SMILES string of the molecule is Cc1cccc(NC(=O)c2ccnc(C(=O)NCc3ccc4c(c3)OCO4)c2)c1. The van der Waals surface area contributed by atoms with E-state index in [2.05, 4.69) is 15.6 Å². The van der Waals surface area contributed by atoms with E-state index in [9.17, 15) is 9.59 Å². The van der Waals surface area contributed by atoms with E-state index in [-0.39, 0.29) is 24.3 Å². The molecule has 2 heterocycles. The number of aryl methyl sites for hydroxylation is 1. The molecule has 0 saturated heterocycles. The van der Waals surface area contributed by atoms with Crippen molar-refractivity contribution in [3.05, 3.63) is 83.2 Å². The van der Waals surface area contributed by atoms with Crippen molar-refractivity contribution in [2.45, 2.75) is 13.5 Å². The van der Waals surface area contributed by atoms with Crippen molar-refractivity contribution in [1.82, 2.24) is 10.3 Å². The number of carbonyl (C=O) groups excluding carboxylic acids is 2. The highest BCUT2D eigenvalue weighted by molar-refractivity contribution is 6.05. The third kappa shape index (κ3) is 4.35. The molecule has 7 nitrogen and oxygen atoms in total. The summed E-state index contributed by atoms with van der Waals surface area (Å²) >= 11 is 0. The van der Waals surface area contributed by atoms with Gasteiger partial charge in [-0.3, -0.25) is 14.6 Å². The van der Waals surface area contributed by atoms with E-state index < -0.39 is 0 Å². The molecular formula is C22H19N3O4. The molecule has 3 aromatic rings. The first kappa shape index (κ1) is 18.5. The van der Waals surface area contributed by atoms with E-state index >= 15 is 0 Å². The molecule has 2 N–H and O–H groups in total. The summed E-state index contributed by atoms with van der Waals surface area (Å²) < 4.78 is 10.6. The molecule has 1 aliphatic rings. The van der Waals surface area contributed by atoms with Crippen molar-refractivity contribution < 1.29 is 19.1 Å². The number of amides is 2. The lowest BCUT2D eigenvalue weighted by atomic mass is 10.1. The monoisotopic (exact) mass is 389 g/mol. The molecule has 0 aliphatic carbocycles. The minimum absolute atomic E-state index is 0.169. The summed E-state index contributed by atoms with van der Waals surface area (Å²) in [4.78, 5) is 29.0. The van der Waals surface area contributed by atoms with Gasteiger partial charge in [0, 0.05) is 24.0 Å². The Balaban J connectivity index is 1.41. The molecule has 1 aromatic heterocycles. The molecule has 0 spiro atoms. The van der Waals surface area contributed by atoms with Crippen LogP contribution in [-0.4, -0.2) is 23.6 Å². The van der Waals surface area contributed by atoms with Gasteiger partial charge < -0.3 is 20.1 Å². The minimum Gasteiger partial charge on any atom is -0.454 e. The molecule has 4 rings (SSSR count). The third-order valence-corrected chi connectivity index (χ3v) is 4.42. The zero-order valence-corrected chi connectivity index (χ0v) is 15.8. The van der Waals surface area contributed by atoms with Crippen LogP contribution in [0.2, 0.25) is 0 Å². The summed E-state index contributed by atoms with van der Waals surface area (Å²) in [7, 11) is 0. The van der Waals surface area contributed by atoms with Crippen LogP contribution >= 0.6 is 0 Å². The van der Waals surface area contributed by atoms with Crippen LogP contribution in [0.25, 0.3) is 0 Å². The van der Waals surface area contributed by atoms with Crippen LogP contribution in [0.3, 0.4) is 0 Å². The van der Waals surface area contributed by atoms with Gasteiger partial charge in [-0.2, -0.15) is 0 Å². The first-order valence-corrected chi connectivity index (χ1v) is 9.09. The quantitative estimate of drug-likeness (QED) is 0.699. The second-order valence-corrected chi connectivity index (χ2v) is 6.62. The molecule has 1 aliphatic heterocycles. The smallest absolute Gasteiger partial charge is 0.270 e. The fourth-order valence-electron chi connectivity index (χ4n) is 2.95. The van der Waals surface area contributed by atoms with Crippen molar-refractivity contribution in [1.29, 1.82) is 0 Å². The number of hydrogen-bond acceptors (Lipinski definition) is 5. The summed E-state index contributed by atoms with van der Waals surface area (Å²) in [5.41, 5.74) is 3.13. The second kappa shape index (κ2) is 8.02. The number of anilines is 1. The maximum atomic E-state index is 12.5. The molecular weight excluding hydrogens is 370 g/mol. The highest BCUT2D eigenvalue weighted by Crippen LogP contribution is 2.32. The van der Waals surface area contributed by atoms with Crippen LogP contribution in [-0.2, 0) is 6.54 Å². The highest BCUT2D eigenvalue weighted by atomic mass is 16.7. The van der Waals surface area contributed by atoms with E-state index in [0.717, 1.165) is 11.1 Å². The van der Waals surface area contributed by atoms with Gasteiger partial charge in [-0.15, -0.1) is 0 Å². The maximum absolute atomic E-state index is 12.5. The van der Waals surface area contributed by atoms with Crippen molar-refractivity contribution in [3.63, 3.8) is 0 Å². The summed E-state index contributed by atoms with van der Waals surface area (Å²) in [5, 5.41) is 5.62. The van der Waals surface area contributed by atoms with E-state index in [1.807, 2.05) is 43.3 Å². The van der Waals surface area contributed by atoms with Gasteiger partial charge >= 0.3 is 0 Å². The molecule has 2 amide bonds. The number of ether oxygens (including phenoxy) is 2. The zero-order valence-electron chi connectivity index (χ0n) is 15.8. The van der Waals surface area contributed by atoms with Gasteiger partial charge in [0.15, 0.2) is 11.5 Å². The van der Waals surface area contributed by atoms with Crippen molar-refractivity contribution in [3.8, 4) is 11.5 Å². The number of nitrogens with one attached hydrogen (secondary N) is 2. The zero-order chi connectivity index (χ0) is 20.2. The molecule has 0 saturated carbocycles. The van der Waals surface area contributed by atoms with Crippen LogP contribution in [0.5, 0.6) is 11.5 Å². The standard InChI is InChI=1S/C22H19N3O4/c1-14-3-2-4-17(9-14)25-21(26)16-7-8-23-18(11-16)22(27)24-12-15-5-6-19-20(10-15)29-13-28-19/h2-11H,12-13H2,1H3,(H,24,27)(H,25,26). The first-order valence-electron chi connectivity index (χ1n) is 9.09. The molecule has 0 fully saturated rings. The van der Waals surface area contributed by atoms with Crippen LogP contribution in [0.4, 0.5) is 5.69 Å². The molecule has 2 aromatic carbocycles. The summed E-state index contributed by atoms with van der Waals surface area (Å²) in [6.45, 7) is 2.45. The van der Waals surface area contributed by atoms with Gasteiger partial charge in [-0.25, -0.2) is 0 Å². The molecule has 0 atom stereocenters. The Morgan fingerprint density at radius 1 is 1.00 bits per heavy atom. The topological polar surface area (TPSA) is 89.6 Å². The van der Waals surface area contributed by atoms with E-state index in [4.69, 9.17) is 9.47 Å². The number of pyridine rings is 1. The minimum atomic E-state index is -0.368. The van der Waals surface area contributed by atoms with Crippen molar-refractivity contribution in [2.24, 2.45) is 0 Å². The fourth-order valence-corrected chi connectivity index (χ4v) is 2.95. The number of benzene rings is 2. The lowest BCUT2D eigenvalue weighted by Gasteiger charge is -2.08. The molecule has 29 heavy (non-hydrogen) atoms. The lowest BCUT2D eigenvalue weighted by Crippen LogP contribution is -2.24. The second-order valence-electron chi connectivity index (χ2n) is 6.62. The Kier molecular flexibility index (Phi) is 5.11. The lowest BCUT2D eigenvalue weighted by molar-refractivity contribution is 0.0946. The normalized spacial score (nSPS) is 11.8. The highest BCUT2D eigenvalue weighted by Gasteiger charge is 2.15. The predicted octanol–water partition coefficient (Wildman–Crippen LogP) is 3.30. The van der Waals surface area contributed by atoms with Crippen LogP contribution < -0.4 is 20.1 Å². The molecule has 0 unspecified atom stereocenters. The number of aromatic nitrogens is 1. The Morgan fingerprint density at radius 3 is 2.72 bits per heavy atom. The fraction of sp³-hybridized carbons (Fsp3) is 0.136. The van der Waals surface area contributed by atoms with Gasteiger partial charge in [0.1, 0.15) is 5.69 Å². The average molecular weight is 389 g/mol. The number of carbonyl (C=O) groups is 2. The molecule has 0 radical (unpaired) electrons. The number of hydrogen-bond donors (Lipinski definition) is 2. The van der Waals surface area contributed by atoms with Crippen LogP contribution in [0.1, 0.15) is 32.0 Å². The Labute approximate surface area is 167 Å². The van der Waals surface area contributed by atoms with Crippen molar-refractivity contribution >= 4 is 17.5 Å². The van der Waals surface area contributed by atoms with Gasteiger partial charge in [-0.1, -0.05) is 18.2 Å². The van der Waals surface area contributed by atoms with E-state index in [1.165, 1.54) is 12.3 Å². The van der Waals surface area contributed by atoms with Gasteiger partial charge in [0.05, 0.1) is 0 Å². The predicted molar refractivity (Wildman–Crippen MR) is 107 cm³/mol. The Bertz CT molecular complexity index is 1080. The number of fused-ring (bicyclic) bond motifs is 1. The molecule has 146 valence electrons. The average Bonchev–Trinajstić information content (AvgIpc) is 3.20. The van der Waals surface area contributed by atoms with Gasteiger partial charge in [0.25, 0.3) is 11.8 Å². The van der Waals surface area contributed by atoms with E-state index in [0.29, 0.717) is 29.3 Å².